The molecule has 0 radical (unpaired) electrons. The zero-order valence-electron chi connectivity index (χ0n) is 19.4. The molecule has 2 aromatic carbocycles. The Morgan fingerprint density at radius 2 is 1.79 bits per heavy atom. The zero-order chi connectivity index (χ0) is 24.8. The summed E-state index contributed by atoms with van der Waals surface area (Å²) in [7, 11) is -1.38. The van der Waals surface area contributed by atoms with E-state index in [1.165, 1.54) is 12.1 Å². The van der Waals surface area contributed by atoms with Gasteiger partial charge < -0.3 is 10.2 Å². The number of carbonyl (C=O) groups is 1. The van der Waals surface area contributed by atoms with Crippen molar-refractivity contribution in [2.75, 3.05) is 7.11 Å². The number of rotatable bonds is 11. The Labute approximate surface area is 199 Å². The smallest absolute Gasteiger partial charge is 0.478 e. The summed E-state index contributed by atoms with van der Waals surface area (Å²) in [6.07, 6.45) is -0.288. The molecule has 1 heterocycles. The number of aliphatic hydroxyl groups is 1. The summed E-state index contributed by atoms with van der Waals surface area (Å²) in [6, 6.07) is 15.9. The van der Waals surface area contributed by atoms with E-state index >= 15 is 0 Å². The average Bonchev–Trinajstić information content (AvgIpc) is 3.19. The SMILES string of the molecule is CO[P+](=O)[C@H](C(=O)O)C(O)CCCc1c(C(C)C)nc(-c2ccccc2)n1-c1ccc(F)cc1. The van der Waals surface area contributed by atoms with E-state index < -0.39 is 25.8 Å². The third-order valence-electron chi connectivity index (χ3n) is 5.61. The highest BCUT2D eigenvalue weighted by Gasteiger charge is 2.45. The van der Waals surface area contributed by atoms with Crippen LogP contribution in [0.3, 0.4) is 0 Å². The number of carboxylic acids is 1. The van der Waals surface area contributed by atoms with E-state index in [0.29, 0.717) is 12.8 Å². The topological polar surface area (TPSA) is 102 Å². The second-order valence-electron chi connectivity index (χ2n) is 8.31. The maximum absolute atomic E-state index is 13.7. The molecule has 0 fully saturated rings. The van der Waals surface area contributed by atoms with E-state index in [2.05, 4.69) is 4.52 Å². The number of carboxylic acid groups (broad SMARTS) is 1. The van der Waals surface area contributed by atoms with E-state index in [9.17, 15) is 24.0 Å². The van der Waals surface area contributed by atoms with Crippen molar-refractivity contribution < 1.29 is 28.5 Å². The van der Waals surface area contributed by atoms with Crippen LogP contribution >= 0.6 is 8.03 Å². The van der Waals surface area contributed by atoms with Gasteiger partial charge in [-0.3, -0.25) is 4.57 Å². The van der Waals surface area contributed by atoms with Crippen LogP contribution in [0.4, 0.5) is 4.39 Å². The van der Waals surface area contributed by atoms with E-state index in [1.54, 1.807) is 12.1 Å². The number of hydrogen-bond acceptors (Lipinski definition) is 5. The van der Waals surface area contributed by atoms with Gasteiger partial charge in [-0.15, -0.1) is 4.52 Å². The molecule has 0 spiro atoms. The zero-order valence-corrected chi connectivity index (χ0v) is 20.3. The molecule has 7 nitrogen and oxygen atoms in total. The van der Waals surface area contributed by atoms with E-state index in [4.69, 9.17) is 4.98 Å². The summed E-state index contributed by atoms with van der Waals surface area (Å²) in [4.78, 5) is 16.4. The highest BCUT2D eigenvalue weighted by molar-refractivity contribution is 7.41. The number of nitrogens with zero attached hydrogens (tertiary/aromatic N) is 2. The summed E-state index contributed by atoms with van der Waals surface area (Å²) in [5, 5.41) is 19.8. The van der Waals surface area contributed by atoms with Crippen molar-refractivity contribution in [2.45, 2.75) is 50.8 Å². The molecule has 0 saturated heterocycles. The first-order chi connectivity index (χ1) is 16.2. The Balaban J connectivity index is 1.99. The lowest BCUT2D eigenvalue weighted by Crippen LogP contribution is -2.31. The molecule has 3 rings (SSSR count). The lowest BCUT2D eigenvalue weighted by molar-refractivity contribution is -0.138. The highest BCUT2D eigenvalue weighted by Crippen LogP contribution is 2.34. The number of imidazole rings is 1. The van der Waals surface area contributed by atoms with Crippen LogP contribution in [0, 0.1) is 5.82 Å². The summed E-state index contributed by atoms with van der Waals surface area (Å²) in [5.41, 5.74) is 1.93. The van der Waals surface area contributed by atoms with Gasteiger partial charge in [0, 0.05) is 16.9 Å². The molecule has 0 aliphatic rings. The normalized spacial score (nSPS) is 13.6. The van der Waals surface area contributed by atoms with Gasteiger partial charge in [0.1, 0.15) is 17.7 Å². The van der Waals surface area contributed by atoms with Gasteiger partial charge in [-0.05, 0) is 54.0 Å². The first kappa shape index (κ1) is 25.7. The van der Waals surface area contributed by atoms with Gasteiger partial charge in [0.2, 0.25) is 0 Å². The van der Waals surface area contributed by atoms with Crippen LogP contribution in [0.2, 0.25) is 0 Å². The second-order valence-corrected chi connectivity index (χ2v) is 9.80. The second kappa shape index (κ2) is 11.5. The molecule has 9 heteroatoms. The molecule has 2 unspecified atom stereocenters. The Bertz CT molecular complexity index is 1130. The molecule has 0 saturated carbocycles. The maximum Gasteiger partial charge on any atom is 0.525 e. The standard InChI is InChI=1S/C25H28FN2O5P/c1-16(2)22-20(10-7-11-21(29)23(25(30)31)34(32)33-3)28(19-14-12-18(26)13-15-19)24(27-22)17-8-5-4-6-9-17/h4-6,8-9,12-16,21,23,29H,7,10-11H2,1-3H3/p+1/t21?,23-/m0/s1. The quantitative estimate of drug-likeness (QED) is 0.355. The van der Waals surface area contributed by atoms with E-state index in [0.717, 1.165) is 35.6 Å². The fourth-order valence-electron chi connectivity index (χ4n) is 3.97. The van der Waals surface area contributed by atoms with Crippen LogP contribution in [-0.2, 0) is 20.3 Å². The number of aliphatic hydroxyl groups excluding tert-OH is 1. The number of aliphatic carboxylic acids is 1. The Morgan fingerprint density at radius 3 is 2.35 bits per heavy atom. The van der Waals surface area contributed by atoms with Crippen LogP contribution in [0.25, 0.3) is 17.1 Å². The molecule has 0 amide bonds. The predicted molar refractivity (Wildman–Crippen MR) is 128 cm³/mol. The number of benzene rings is 2. The van der Waals surface area contributed by atoms with E-state index in [-0.39, 0.29) is 18.2 Å². The molecule has 180 valence electrons. The van der Waals surface area contributed by atoms with Gasteiger partial charge in [0.15, 0.2) is 0 Å². The molecule has 3 atom stereocenters. The predicted octanol–water partition coefficient (Wildman–Crippen LogP) is 5.33. The first-order valence-corrected chi connectivity index (χ1v) is 12.3. The number of aromatic nitrogens is 2. The molecular formula is C25H29FN2O5P+. The Morgan fingerprint density at radius 1 is 1.15 bits per heavy atom. The minimum Gasteiger partial charge on any atom is -0.478 e. The third-order valence-corrected chi connectivity index (χ3v) is 6.98. The summed E-state index contributed by atoms with van der Waals surface area (Å²) in [6.45, 7) is 4.07. The molecule has 0 aliphatic carbocycles. The summed E-state index contributed by atoms with van der Waals surface area (Å²) in [5.74, 6) is -0.886. The fourth-order valence-corrected chi connectivity index (χ4v) is 4.81. The lowest BCUT2D eigenvalue weighted by atomic mass is 10.0. The van der Waals surface area contributed by atoms with Crippen molar-refractivity contribution >= 4 is 14.0 Å². The van der Waals surface area contributed by atoms with Crippen molar-refractivity contribution in [1.82, 2.24) is 9.55 Å². The number of hydrogen-bond donors (Lipinski definition) is 2. The highest BCUT2D eigenvalue weighted by atomic mass is 31.1. The van der Waals surface area contributed by atoms with Crippen LogP contribution in [0.1, 0.15) is 44.0 Å². The van der Waals surface area contributed by atoms with Gasteiger partial charge in [0.05, 0.1) is 12.8 Å². The van der Waals surface area contributed by atoms with Crippen molar-refractivity contribution in [3.63, 3.8) is 0 Å². The monoisotopic (exact) mass is 487 g/mol. The Hall–Kier alpha value is -2.93. The minimum absolute atomic E-state index is 0.0961. The van der Waals surface area contributed by atoms with Gasteiger partial charge >= 0.3 is 19.7 Å². The largest absolute Gasteiger partial charge is 0.525 e. The Kier molecular flexibility index (Phi) is 8.67. The molecule has 3 aromatic rings. The molecule has 1 aromatic heterocycles. The van der Waals surface area contributed by atoms with Gasteiger partial charge in [-0.25, -0.2) is 14.2 Å². The van der Waals surface area contributed by atoms with Gasteiger partial charge in [-0.2, -0.15) is 0 Å². The molecule has 0 aliphatic heterocycles. The fraction of sp³-hybridized carbons (Fsp3) is 0.360. The van der Waals surface area contributed by atoms with Crippen LogP contribution in [0.15, 0.2) is 54.6 Å². The van der Waals surface area contributed by atoms with Crippen molar-refractivity contribution in [1.29, 1.82) is 0 Å². The van der Waals surface area contributed by atoms with Gasteiger partial charge in [-0.1, -0.05) is 44.2 Å². The minimum atomic E-state index is -2.53. The van der Waals surface area contributed by atoms with Crippen LogP contribution in [-0.4, -0.2) is 44.6 Å². The maximum atomic E-state index is 13.7. The van der Waals surface area contributed by atoms with Gasteiger partial charge in [0.25, 0.3) is 0 Å². The molecule has 34 heavy (non-hydrogen) atoms. The molecular weight excluding hydrogens is 458 g/mol. The van der Waals surface area contributed by atoms with E-state index in [1.807, 2.05) is 48.7 Å². The number of halogens is 1. The lowest BCUT2D eigenvalue weighted by Gasteiger charge is -2.15. The third kappa shape index (κ3) is 5.76. The summed E-state index contributed by atoms with van der Waals surface area (Å²) >= 11 is 0. The van der Waals surface area contributed by atoms with Crippen LogP contribution < -0.4 is 0 Å². The van der Waals surface area contributed by atoms with Crippen molar-refractivity contribution in [3.8, 4) is 17.1 Å². The first-order valence-electron chi connectivity index (χ1n) is 11.1. The molecule has 2 N–H and O–H groups in total. The van der Waals surface area contributed by atoms with Crippen molar-refractivity contribution in [3.05, 3.63) is 71.8 Å². The summed E-state index contributed by atoms with van der Waals surface area (Å²) < 4.78 is 32.2. The molecule has 0 bridgehead atoms. The van der Waals surface area contributed by atoms with Crippen molar-refractivity contribution in [2.24, 2.45) is 0 Å². The van der Waals surface area contributed by atoms with Crippen LogP contribution in [0.5, 0.6) is 0 Å². The average molecular weight is 487 g/mol.